The third-order valence-corrected chi connectivity index (χ3v) is 4.69. The molecule has 0 saturated heterocycles. The van der Waals surface area contributed by atoms with Crippen molar-refractivity contribution < 1.29 is 4.90 Å². The van der Waals surface area contributed by atoms with Gasteiger partial charge in [-0.05, 0) is 36.0 Å². The number of quaternary nitrogens is 1. The second kappa shape index (κ2) is 9.97. The molecule has 2 rings (SSSR count). The predicted molar refractivity (Wildman–Crippen MR) is 112 cm³/mol. The molecule has 0 aliphatic carbocycles. The molecule has 0 saturated carbocycles. The summed E-state index contributed by atoms with van der Waals surface area (Å²) >= 11 is 17.9. The Labute approximate surface area is 165 Å². The fourth-order valence-corrected chi connectivity index (χ4v) is 3.19. The van der Waals surface area contributed by atoms with Crippen LogP contribution in [0, 0.1) is 0 Å². The summed E-state index contributed by atoms with van der Waals surface area (Å²) in [5, 5.41) is 5.09. The third kappa shape index (κ3) is 6.83. The van der Waals surface area contributed by atoms with E-state index in [0.717, 1.165) is 31.7 Å². The van der Waals surface area contributed by atoms with E-state index in [-0.39, 0.29) is 0 Å². The third-order valence-electron chi connectivity index (χ3n) is 3.78. The van der Waals surface area contributed by atoms with Crippen molar-refractivity contribution in [1.29, 1.82) is 0 Å². The lowest BCUT2D eigenvalue weighted by Gasteiger charge is -2.26. The minimum Gasteiger partial charge on any atom is -0.344 e. The quantitative estimate of drug-likeness (QED) is 0.695. The summed E-state index contributed by atoms with van der Waals surface area (Å²) in [4.78, 5) is 3.61. The molecule has 0 amide bonds. The molecule has 0 atom stereocenters. The number of hydrogen-bond acceptors (Lipinski definition) is 1. The second-order valence-corrected chi connectivity index (χ2v) is 7.50. The number of benzene rings is 2. The molecule has 25 heavy (non-hydrogen) atoms. The largest absolute Gasteiger partial charge is 0.344 e. The van der Waals surface area contributed by atoms with Gasteiger partial charge in [0.25, 0.3) is 0 Å². The molecule has 0 aliphatic heterocycles. The zero-order chi connectivity index (χ0) is 18.2. The molecule has 0 aromatic heterocycles. The van der Waals surface area contributed by atoms with Crippen molar-refractivity contribution in [3.63, 3.8) is 0 Å². The topological polar surface area (TPSA) is 19.7 Å². The monoisotopic (exact) mass is 396 g/mol. The molecule has 0 fully saturated rings. The maximum Gasteiger partial charge on any atom is 0.173 e. The minimum atomic E-state index is 0.562. The van der Waals surface area contributed by atoms with Gasteiger partial charge in [0, 0.05) is 24.5 Å². The first-order chi connectivity index (χ1) is 12.0. The maximum atomic E-state index is 6.26. The van der Waals surface area contributed by atoms with Gasteiger partial charge in [0.1, 0.15) is 0 Å². The molecule has 0 radical (unpaired) electrons. The molecule has 0 unspecified atom stereocenters. The lowest BCUT2D eigenvalue weighted by atomic mass is 10.2. The Morgan fingerprint density at radius 2 is 1.84 bits per heavy atom. The average molecular weight is 397 g/mol. The van der Waals surface area contributed by atoms with Crippen LogP contribution in [0.5, 0.6) is 0 Å². The van der Waals surface area contributed by atoms with Crippen LogP contribution in [0.3, 0.4) is 0 Å². The van der Waals surface area contributed by atoms with Crippen LogP contribution in [0.4, 0.5) is 5.69 Å². The number of nitrogens with one attached hydrogen (secondary N) is 2. The minimum absolute atomic E-state index is 0.562. The van der Waals surface area contributed by atoms with E-state index in [0.29, 0.717) is 15.2 Å². The Hall–Kier alpha value is -1.33. The normalized spacial score (nSPS) is 10.8. The highest BCUT2D eigenvalue weighted by molar-refractivity contribution is 7.80. The highest BCUT2D eigenvalue weighted by Crippen LogP contribution is 2.25. The molecule has 134 valence electrons. The van der Waals surface area contributed by atoms with Gasteiger partial charge in [-0.2, -0.15) is 0 Å². The zero-order valence-electron chi connectivity index (χ0n) is 14.6. The van der Waals surface area contributed by atoms with Gasteiger partial charge >= 0.3 is 0 Å². The molecule has 3 nitrogen and oxygen atoms in total. The van der Waals surface area contributed by atoms with Crippen LogP contribution in [0.1, 0.15) is 12.0 Å². The van der Waals surface area contributed by atoms with Crippen molar-refractivity contribution in [3.8, 4) is 0 Å². The van der Waals surface area contributed by atoms with Gasteiger partial charge in [-0.25, -0.2) is 0 Å². The maximum absolute atomic E-state index is 6.26. The van der Waals surface area contributed by atoms with Gasteiger partial charge in [-0.3, -0.25) is 0 Å². The Kier molecular flexibility index (Phi) is 7.97. The summed E-state index contributed by atoms with van der Waals surface area (Å²) in [6.45, 7) is 2.74. The van der Waals surface area contributed by atoms with Gasteiger partial charge < -0.3 is 15.1 Å². The SMILES string of the molecule is C[NH+](C)CCCN(Cc1ccccc1)C(=S)Nc1ccc(Cl)cc1Cl. The number of rotatable bonds is 7. The van der Waals surface area contributed by atoms with Crippen molar-refractivity contribution in [2.75, 3.05) is 32.5 Å². The average Bonchev–Trinajstić information content (AvgIpc) is 2.57. The first-order valence-corrected chi connectivity index (χ1v) is 9.46. The number of anilines is 1. The predicted octanol–water partition coefficient (Wildman–Crippen LogP) is 3.73. The lowest BCUT2D eigenvalue weighted by molar-refractivity contribution is -0.858. The first kappa shape index (κ1) is 20.0. The molecule has 2 N–H and O–H groups in total. The van der Waals surface area contributed by atoms with Gasteiger partial charge in [0.2, 0.25) is 0 Å². The summed E-state index contributed by atoms with van der Waals surface area (Å²) in [5.41, 5.74) is 2.00. The number of nitrogens with zero attached hydrogens (tertiary/aromatic N) is 1. The van der Waals surface area contributed by atoms with E-state index < -0.39 is 0 Å². The van der Waals surface area contributed by atoms with E-state index >= 15 is 0 Å². The molecule has 2 aromatic rings. The molecule has 2 aromatic carbocycles. The van der Waals surface area contributed by atoms with Crippen LogP contribution in [0.25, 0.3) is 0 Å². The lowest BCUT2D eigenvalue weighted by Crippen LogP contribution is -3.05. The second-order valence-electron chi connectivity index (χ2n) is 6.27. The smallest absolute Gasteiger partial charge is 0.173 e. The highest BCUT2D eigenvalue weighted by atomic mass is 35.5. The van der Waals surface area contributed by atoms with Crippen LogP contribution in [0.2, 0.25) is 10.0 Å². The van der Waals surface area contributed by atoms with Crippen LogP contribution in [-0.2, 0) is 6.54 Å². The van der Waals surface area contributed by atoms with Crippen molar-refractivity contribution in [1.82, 2.24) is 4.90 Å². The Bertz CT molecular complexity index is 692. The van der Waals surface area contributed by atoms with E-state index in [1.165, 1.54) is 10.5 Å². The standard InChI is InChI=1S/C19H23Cl2N3S/c1-23(2)11-6-12-24(14-15-7-4-3-5-8-15)19(25)22-18-10-9-16(20)13-17(18)21/h3-5,7-10,13H,6,11-12,14H2,1-2H3,(H,22,25)/p+1. The molecule has 0 heterocycles. The molecule has 0 spiro atoms. The summed E-state index contributed by atoms with van der Waals surface area (Å²) in [6, 6.07) is 15.7. The summed E-state index contributed by atoms with van der Waals surface area (Å²) in [7, 11) is 4.32. The van der Waals surface area contributed by atoms with Crippen molar-refractivity contribution in [2.24, 2.45) is 0 Å². The van der Waals surface area contributed by atoms with Gasteiger partial charge in [0.15, 0.2) is 5.11 Å². The van der Waals surface area contributed by atoms with Gasteiger partial charge in [0.05, 0.1) is 31.4 Å². The number of halogens is 2. The molecular weight excluding hydrogens is 373 g/mol. The van der Waals surface area contributed by atoms with Gasteiger partial charge in [-0.1, -0.05) is 53.5 Å². The van der Waals surface area contributed by atoms with Crippen LogP contribution in [-0.4, -0.2) is 37.2 Å². The highest BCUT2D eigenvalue weighted by Gasteiger charge is 2.13. The Balaban J connectivity index is 2.07. The Morgan fingerprint density at radius 3 is 2.48 bits per heavy atom. The van der Waals surface area contributed by atoms with E-state index in [4.69, 9.17) is 35.4 Å². The van der Waals surface area contributed by atoms with E-state index in [1.54, 1.807) is 12.1 Å². The van der Waals surface area contributed by atoms with Gasteiger partial charge in [-0.15, -0.1) is 0 Å². The van der Waals surface area contributed by atoms with E-state index in [2.05, 4.69) is 36.4 Å². The Morgan fingerprint density at radius 1 is 1.12 bits per heavy atom. The first-order valence-electron chi connectivity index (χ1n) is 8.29. The molecular formula is C19H24Cl2N3S+. The van der Waals surface area contributed by atoms with Crippen LogP contribution in [0.15, 0.2) is 48.5 Å². The summed E-state index contributed by atoms with van der Waals surface area (Å²) in [5.74, 6) is 0. The molecule has 6 heteroatoms. The van der Waals surface area contributed by atoms with Crippen molar-refractivity contribution in [2.45, 2.75) is 13.0 Å². The van der Waals surface area contributed by atoms with E-state index in [9.17, 15) is 0 Å². The summed E-state index contributed by atoms with van der Waals surface area (Å²) < 4.78 is 0. The number of hydrogen-bond donors (Lipinski definition) is 2. The summed E-state index contributed by atoms with van der Waals surface area (Å²) in [6.07, 6.45) is 1.06. The van der Waals surface area contributed by atoms with Crippen LogP contribution < -0.4 is 10.2 Å². The van der Waals surface area contributed by atoms with E-state index in [1.807, 2.05) is 24.3 Å². The number of thiocarbonyl (C=S) groups is 1. The van der Waals surface area contributed by atoms with Crippen LogP contribution >= 0.6 is 35.4 Å². The zero-order valence-corrected chi connectivity index (χ0v) is 16.9. The van der Waals surface area contributed by atoms with Crippen molar-refractivity contribution in [3.05, 3.63) is 64.1 Å². The molecule has 0 aliphatic rings. The fourth-order valence-electron chi connectivity index (χ4n) is 2.46. The fraction of sp³-hybridized carbons (Fsp3) is 0.316. The molecule has 0 bridgehead atoms. The van der Waals surface area contributed by atoms with Crippen molar-refractivity contribution >= 4 is 46.2 Å².